The monoisotopic (exact) mass is 398 g/mol. The second-order valence-corrected chi connectivity index (χ2v) is 5.66. The summed E-state index contributed by atoms with van der Waals surface area (Å²) in [6, 6.07) is 3.80. The minimum atomic E-state index is -2.76. The lowest BCUT2D eigenvalue weighted by Gasteiger charge is -2.09. The first-order chi connectivity index (χ1) is 11.5. The van der Waals surface area contributed by atoms with E-state index in [0.717, 1.165) is 6.07 Å². The summed E-state index contributed by atoms with van der Waals surface area (Å²) in [5.41, 5.74) is 1.13. The van der Waals surface area contributed by atoms with Gasteiger partial charge in [0.15, 0.2) is 6.29 Å². The lowest BCUT2D eigenvalue weighted by Crippen LogP contribution is -2.04. The van der Waals surface area contributed by atoms with Crippen LogP contribution in [0.2, 0.25) is 0 Å². The standard InChI is InChI=1S/C15H10BrF3N4O/c16-13-10(6-21-23(13)15(18)19)7-22-4-3-20-14(22)12-2-1-11(17)5-9(12)8-24/h1-6,8,15H,7H2. The lowest BCUT2D eigenvalue weighted by molar-refractivity contribution is 0.0540. The maximum atomic E-state index is 13.3. The summed E-state index contributed by atoms with van der Waals surface area (Å²) in [5.74, 6) is -0.103. The molecule has 0 radical (unpaired) electrons. The van der Waals surface area contributed by atoms with Crippen molar-refractivity contribution >= 4 is 22.2 Å². The molecule has 0 bridgehead atoms. The summed E-state index contributed by atoms with van der Waals surface area (Å²) >= 11 is 3.10. The van der Waals surface area contributed by atoms with Gasteiger partial charge >= 0.3 is 6.55 Å². The van der Waals surface area contributed by atoms with E-state index >= 15 is 0 Å². The Hall–Kier alpha value is -2.42. The van der Waals surface area contributed by atoms with E-state index in [9.17, 15) is 18.0 Å². The molecule has 2 heterocycles. The highest BCUT2D eigenvalue weighted by Gasteiger charge is 2.17. The number of aldehydes is 1. The number of rotatable bonds is 5. The largest absolute Gasteiger partial charge is 0.334 e. The highest BCUT2D eigenvalue weighted by molar-refractivity contribution is 9.10. The van der Waals surface area contributed by atoms with Crippen molar-refractivity contribution in [2.45, 2.75) is 13.1 Å². The normalized spacial score (nSPS) is 11.2. The van der Waals surface area contributed by atoms with Gasteiger partial charge in [-0.05, 0) is 34.1 Å². The van der Waals surface area contributed by atoms with Gasteiger partial charge in [-0.3, -0.25) is 4.79 Å². The quantitative estimate of drug-likeness (QED) is 0.612. The van der Waals surface area contributed by atoms with Crippen LogP contribution in [0.5, 0.6) is 0 Å². The summed E-state index contributed by atoms with van der Waals surface area (Å²) in [4.78, 5) is 15.4. The Morgan fingerprint density at radius 3 is 2.79 bits per heavy atom. The van der Waals surface area contributed by atoms with E-state index in [-0.39, 0.29) is 16.7 Å². The second-order valence-electron chi connectivity index (χ2n) is 4.91. The topological polar surface area (TPSA) is 52.7 Å². The van der Waals surface area contributed by atoms with Gasteiger partial charge in [-0.15, -0.1) is 0 Å². The van der Waals surface area contributed by atoms with Gasteiger partial charge < -0.3 is 4.57 Å². The van der Waals surface area contributed by atoms with Crippen LogP contribution in [0, 0.1) is 5.82 Å². The van der Waals surface area contributed by atoms with Gasteiger partial charge in [0.2, 0.25) is 0 Å². The number of imidazole rings is 1. The highest BCUT2D eigenvalue weighted by atomic mass is 79.9. The molecule has 124 valence electrons. The molecule has 3 aromatic rings. The van der Waals surface area contributed by atoms with E-state index in [1.165, 1.54) is 24.5 Å². The average Bonchev–Trinajstić information content (AvgIpc) is 3.15. The Balaban J connectivity index is 1.99. The van der Waals surface area contributed by atoms with Crippen molar-refractivity contribution in [1.29, 1.82) is 0 Å². The van der Waals surface area contributed by atoms with Crippen LogP contribution in [-0.2, 0) is 6.54 Å². The van der Waals surface area contributed by atoms with Crippen LogP contribution in [0.3, 0.4) is 0 Å². The number of benzene rings is 1. The number of halogens is 4. The summed E-state index contributed by atoms with van der Waals surface area (Å²) in [6.45, 7) is -2.55. The third kappa shape index (κ3) is 2.99. The molecule has 5 nitrogen and oxygen atoms in total. The first-order valence-electron chi connectivity index (χ1n) is 6.77. The third-order valence-corrected chi connectivity index (χ3v) is 4.30. The predicted octanol–water partition coefficient (Wildman–Crippen LogP) is 3.90. The van der Waals surface area contributed by atoms with Crippen LogP contribution in [0.15, 0.2) is 41.4 Å². The molecule has 2 aromatic heterocycles. The van der Waals surface area contributed by atoms with Crippen LogP contribution in [0.1, 0.15) is 22.5 Å². The first-order valence-corrected chi connectivity index (χ1v) is 7.57. The summed E-state index contributed by atoms with van der Waals surface area (Å²) < 4.78 is 41.2. The molecule has 0 atom stereocenters. The molecule has 0 saturated heterocycles. The average molecular weight is 399 g/mol. The summed E-state index contributed by atoms with van der Waals surface area (Å²) in [5, 5.41) is 3.62. The molecule has 3 rings (SSSR count). The van der Waals surface area contributed by atoms with Crippen LogP contribution in [0.25, 0.3) is 11.4 Å². The Morgan fingerprint density at radius 2 is 2.12 bits per heavy atom. The number of hydrogen-bond acceptors (Lipinski definition) is 3. The van der Waals surface area contributed by atoms with Crippen molar-refractivity contribution in [2.24, 2.45) is 0 Å². The van der Waals surface area contributed by atoms with Crippen LogP contribution >= 0.6 is 15.9 Å². The fourth-order valence-electron chi connectivity index (χ4n) is 2.32. The smallest absolute Gasteiger partial charge is 0.326 e. The molecule has 0 amide bonds. The SMILES string of the molecule is O=Cc1cc(F)ccc1-c1nccn1Cc1cnn(C(F)F)c1Br. The number of alkyl halides is 2. The lowest BCUT2D eigenvalue weighted by atomic mass is 10.1. The van der Waals surface area contributed by atoms with Crippen molar-refractivity contribution in [3.05, 3.63) is 58.3 Å². The fourth-order valence-corrected chi connectivity index (χ4v) is 2.80. The van der Waals surface area contributed by atoms with Crippen molar-refractivity contribution in [3.63, 3.8) is 0 Å². The molecule has 9 heteroatoms. The van der Waals surface area contributed by atoms with Gasteiger partial charge in [0.25, 0.3) is 0 Å². The Bertz CT molecular complexity index is 891. The number of carbonyl (C=O) groups is 1. The molecule has 0 aliphatic carbocycles. The molecular formula is C15H10BrF3N4O. The van der Waals surface area contributed by atoms with E-state index in [0.29, 0.717) is 27.9 Å². The van der Waals surface area contributed by atoms with Crippen LogP contribution in [-0.4, -0.2) is 25.6 Å². The molecule has 0 aliphatic heterocycles. The molecule has 24 heavy (non-hydrogen) atoms. The minimum Gasteiger partial charge on any atom is -0.326 e. The molecule has 0 unspecified atom stereocenters. The van der Waals surface area contributed by atoms with E-state index in [2.05, 4.69) is 26.0 Å². The molecule has 0 N–H and O–H groups in total. The number of nitrogens with zero attached hydrogens (tertiary/aromatic N) is 4. The van der Waals surface area contributed by atoms with Crippen LogP contribution < -0.4 is 0 Å². The molecule has 1 aromatic carbocycles. The zero-order valence-electron chi connectivity index (χ0n) is 12.0. The van der Waals surface area contributed by atoms with Gasteiger partial charge in [-0.25, -0.2) is 9.37 Å². The van der Waals surface area contributed by atoms with Crippen molar-refractivity contribution < 1.29 is 18.0 Å². The first kappa shape index (κ1) is 16.4. The van der Waals surface area contributed by atoms with Gasteiger partial charge in [-0.1, -0.05) is 0 Å². The molecule has 0 aliphatic rings. The number of aromatic nitrogens is 4. The van der Waals surface area contributed by atoms with E-state index in [4.69, 9.17) is 0 Å². The van der Waals surface area contributed by atoms with Crippen LogP contribution in [0.4, 0.5) is 13.2 Å². The van der Waals surface area contributed by atoms with Crippen molar-refractivity contribution in [3.8, 4) is 11.4 Å². The highest BCUT2D eigenvalue weighted by Crippen LogP contribution is 2.26. The van der Waals surface area contributed by atoms with Gasteiger partial charge in [0, 0.05) is 29.1 Å². The van der Waals surface area contributed by atoms with Gasteiger partial charge in [-0.2, -0.15) is 18.6 Å². The molecule has 0 fully saturated rings. The molecule has 0 spiro atoms. The van der Waals surface area contributed by atoms with Gasteiger partial charge in [0.05, 0.1) is 12.7 Å². The van der Waals surface area contributed by atoms with E-state index in [1.54, 1.807) is 10.8 Å². The van der Waals surface area contributed by atoms with E-state index in [1.807, 2.05) is 0 Å². The van der Waals surface area contributed by atoms with Crippen molar-refractivity contribution in [2.75, 3.05) is 0 Å². The second kappa shape index (κ2) is 6.60. The summed E-state index contributed by atoms with van der Waals surface area (Å²) in [6.07, 6.45) is 5.02. The maximum Gasteiger partial charge on any atom is 0.334 e. The Morgan fingerprint density at radius 1 is 1.33 bits per heavy atom. The Kier molecular flexibility index (Phi) is 4.52. The zero-order valence-corrected chi connectivity index (χ0v) is 13.6. The number of hydrogen-bond donors (Lipinski definition) is 0. The Labute approximate surface area is 142 Å². The number of carbonyl (C=O) groups excluding carboxylic acids is 1. The maximum absolute atomic E-state index is 13.3. The van der Waals surface area contributed by atoms with Crippen molar-refractivity contribution in [1.82, 2.24) is 19.3 Å². The fraction of sp³-hybridized carbons (Fsp3) is 0.133. The minimum absolute atomic E-state index is 0.157. The molecular weight excluding hydrogens is 389 g/mol. The third-order valence-electron chi connectivity index (χ3n) is 3.43. The predicted molar refractivity (Wildman–Crippen MR) is 83.3 cm³/mol. The zero-order chi connectivity index (χ0) is 17.3. The van der Waals surface area contributed by atoms with E-state index < -0.39 is 12.4 Å². The molecule has 0 saturated carbocycles. The summed E-state index contributed by atoms with van der Waals surface area (Å²) in [7, 11) is 0. The van der Waals surface area contributed by atoms with Gasteiger partial charge in [0.1, 0.15) is 16.2 Å².